The summed E-state index contributed by atoms with van der Waals surface area (Å²) < 4.78 is 2.09. The molecular weight excluding hydrogens is 470 g/mol. The summed E-state index contributed by atoms with van der Waals surface area (Å²) in [5.41, 5.74) is 10.2. The first-order chi connectivity index (χ1) is 17.6. The van der Waals surface area contributed by atoms with Crippen molar-refractivity contribution in [3.8, 4) is 0 Å². The van der Waals surface area contributed by atoms with Gasteiger partial charge < -0.3 is 10.8 Å². The number of carbonyl (C=O) groups is 1. The lowest BCUT2D eigenvalue weighted by Gasteiger charge is -2.70. The van der Waals surface area contributed by atoms with Crippen LogP contribution in [0.25, 0.3) is 0 Å². The van der Waals surface area contributed by atoms with Gasteiger partial charge in [-0.05, 0) is 103 Å². The third-order valence-corrected chi connectivity index (χ3v) is 13.6. The summed E-state index contributed by atoms with van der Waals surface area (Å²) in [7, 11) is 0. The largest absolute Gasteiger partial charge is 0.481 e. The van der Waals surface area contributed by atoms with Gasteiger partial charge in [0.05, 0.1) is 17.7 Å². The number of allylic oxidation sites excluding steroid dienone is 2. The first-order valence-electron chi connectivity index (χ1n) is 15.4. The molecule has 0 spiro atoms. The molecule has 7 atom stereocenters. The SMILES string of the molecule is CC1(C)CC[C@]2(C(=O)O)CC[C@]3(C)C(=CC[C@@H]4[C@@]5(C)Cc6cn(CCN)nc6C(C)(C)[C@@H]5CC[C@]43C)[C@@H]2C1. The van der Waals surface area contributed by atoms with Crippen molar-refractivity contribution in [1.29, 1.82) is 0 Å². The molecule has 3 saturated carbocycles. The van der Waals surface area contributed by atoms with E-state index in [1.54, 1.807) is 0 Å². The van der Waals surface area contributed by atoms with Crippen LogP contribution in [-0.2, 0) is 23.2 Å². The van der Waals surface area contributed by atoms with Crippen LogP contribution in [0, 0.1) is 44.8 Å². The second-order valence-electron chi connectivity index (χ2n) is 16.1. The molecule has 1 aromatic rings. The highest BCUT2D eigenvalue weighted by Crippen LogP contribution is 2.75. The van der Waals surface area contributed by atoms with Crippen LogP contribution < -0.4 is 5.73 Å². The number of carboxylic acids is 1. The second-order valence-corrected chi connectivity index (χ2v) is 16.1. The fourth-order valence-corrected chi connectivity index (χ4v) is 11.4. The molecule has 6 rings (SSSR count). The van der Waals surface area contributed by atoms with E-state index in [4.69, 9.17) is 10.8 Å². The van der Waals surface area contributed by atoms with Crippen LogP contribution in [-0.4, -0.2) is 27.4 Å². The van der Waals surface area contributed by atoms with Crippen molar-refractivity contribution in [3.63, 3.8) is 0 Å². The molecule has 5 aliphatic rings. The number of aromatic nitrogens is 2. The van der Waals surface area contributed by atoms with E-state index in [2.05, 4.69) is 65.4 Å². The lowest BCUT2D eigenvalue weighted by Crippen LogP contribution is -2.64. The van der Waals surface area contributed by atoms with Crippen LogP contribution in [0.15, 0.2) is 17.8 Å². The number of carboxylic acid groups (broad SMARTS) is 1. The van der Waals surface area contributed by atoms with E-state index in [9.17, 15) is 9.90 Å². The Morgan fingerprint density at radius 1 is 1.05 bits per heavy atom. The van der Waals surface area contributed by atoms with Crippen molar-refractivity contribution in [2.75, 3.05) is 6.54 Å². The van der Waals surface area contributed by atoms with Crippen molar-refractivity contribution in [3.05, 3.63) is 29.1 Å². The Morgan fingerprint density at radius 2 is 1.76 bits per heavy atom. The summed E-state index contributed by atoms with van der Waals surface area (Å²) in [5, 5.41) is 15.7. The standard InChI is InChI=1S/C33H51N3O2/c1-28(2)12-14-33(27(37)38)15-13-31(6)22(23(33)19-28)8-9-25-30(5)18-21-20-36(17-16-34)35-26(21)29(3,4)24(30)10-11-32(25,31)7/h8,20,23-25H,9-19,34H2,1-7H3,(H,37,38)/t23-,24-,25+,30-,31+,32+,33-/m0/s1. The molecule has 210 valence electrons. The number of hydrogen-bond acceptors (Lipinski definition) is 3. The number of hydrogen-bond donors (Lipinski definition) is 2. The Balaban J connectivity index is 1.44. The van der Waals surface area contributed by atoms with Gasteiger partial charge >= 0.3 is 5.97 Å². The Morgan fingerprint density at radius 3 is 2.45 bits per heavy atom. The van der Waals surface area contributed by atoms with E-state index in [0.717, 1.165) is 51.5 Å². The number of nitrogens with zero attached hydrogens (tertiary/aromatic N) is 2. The molecular formula is C33H51N3O2. The van der Waals surface area contributed by atoms with Gasteiger partial charge in [-0.3, -0.25) is 9.48 Å². The lowest BCUT2D eigenvalue weighted by atomic mass is 9.33. The van der Waals surface area contributed by atoms with Crippen molar-refractivity contribution in [2.45, 2.75) is 118 Å². The van der Waals surface area contributed by atoms with E-state index < -0.39 is 11.4 Å². The van der Waals surface area contributed by atoms with Crippen LogP contribution >= 0.6 is 0 Å². The van der Waals surface area contributed by atoms with Gasteiger partial charge in [0, 0.05) is 18.2 Å². The summed E-state index contributed by atoms with van der Waals surface area (Å²) in [4.78, 5) is 12.9. The topological polar surface area (TPSA) is 81.1 Å². The Kier molecular flexibility index (Phi) is 5.59. The third kappa shape index (κ3) is 3.20. The lowest BCUT2D eigenvalue weighted by molar-refractivity contribution is -0.177. The van der Waals surface area contributed by atoms with Gasteiger partial charge in [-0.15, -0.1) is 0 Å². The van der Waals surface area contributed by atoms with Gasteiger partial charge in [0.25, 0.3) is 0 Å². The molecule has 5 aliphatic carbocycles. The fraction of sp³-hybridized carbons (Fsp3) is 0.818. The molecule has 0 amide bonds. The van der Waals surface area contributed by atoms with Gasteiger partial charge in [-0.25, -0.2) is 0 Å². The summed E-state index contributed by atoms with van der Waals surface area (Å²) in [5.74, 6) is 0.812. The summed E-state index contributed by atoms with van der Waals surface area (Å²) in [6.07, 6.45) is 14.2. The van der Waals surface area contributed by atoms with Gasteiger partial charge in [0.1, 0.15) is 0 Å². The number of rotatable bonds is 3. The molecule has 0 aromatic carbocycles. The van der Waals surface area contributed by atoms with Gasteiger partial charge in [0.15, 0.2) is 0 Å². The van der Waals surface area contributed by atoms with Gasteiger partial charge in [-0.2, -0.15) is 5.10 Å². The maximum absolute atomic E-state index is 12.9. The fourth-order valence-electron chi connectivity index (χ4n) is 11.4. The zero-order valence-corrected chi connectivity index (χ0v) is 25.0. The van der Waals surface area contributed by atoms with Crippen molar-refractivity contribution in [2.24, 2.45) is 50.6 Å². The summed E-state index contributed by atoms with van der Waals surface area (Å²) in [6, 6.07) is 0. The Hall–Kier alpha value is -1.62. The van der Waals surface area contributed by atoms with E-state index in [-0.39, 0.29) is 33.0 Å². The molecule has 0 saturated heterocycles. The van der Waals surface area contributed by atoms with E-state index in [1.165, 1.54) is 29.7 Å². The molecule has 0 unspecified atom stereocenters. The molecule has 0 aliphatic heterocycles. The minimum Gasteiger partial charge on any atom is -0.481 e. The van der Waals surface area contributed by atoms with Crippen molar-refractivity contribution >= 4 is 5.97 Å². The monoisotopic (exact) mass is 521 g/mol. The molecule has 0 bridgehead atoms. The molecule has 5 heteroatoms. The highest BCUT2D eigenvalue weighted by Gasteiger charge is 2.69. The molecule has 38 heavy (non-hydrogen) atoms. The van der Waals surface area contributed by atoms with Crippen LogP contribution in [0.4, 0.5) is 0 Å². The number of fused-ring (bicyclic) bond motifs is 8. The van der Waals surface area contributed by atoms with E-state index >= 15 is 0 Å². The predicted molar refractivity (Wildman–Crippen MR) is 152 cm³/mol. The third-order valence-electron chi connectivity index (χ3n) is 13.6. The second kappa shape index (κ2) is 7.98. The van der Waals surface area contributed by atoms with Crippen LogP contribution in [0.5, 0.6) is 0 Å². The smallest absolute Gasteiger partial charge is 0.310 e. The van der Waals surface area contributed by atoms with Gasteiger partial charge in [0.2, 0.25) is 0 Å². The first-order valence-corrected chi connectivity index (χ1v) is 15.4. The zero-order chi connectivity index (χ0) is 27.5. The average Bonchev–Trinajstić information content (AvgIpc) is 3.22. The molecule has 3 N–H and O–H groups in total. The van der Waals surface area contributed by atoms with Crippen molar-refractivity contribution < 1.29 is 9.90 Å². The number of nitrogens with two attached hydrogens (primary N) is 1. The Labute approximate surface area is 230 Å². The maximum Gasteiger partial charge on any atom is 0.310 e. The minimum absolute atomic E-state index is 0.0346. The normalized spacial score (nSPS) is 44.5. The van der Waals surface area contributed by atoms with Crippen LogP contribution in [0.3, 0.4) is 0 Å². The number of aliphatic carboxylic acids is 1. The molecule has 1 aromatic heterocycles. The summed E-state index contributed by atoms with van der Waals surface area (Å²) >= 11 is 0. The minimum atomic E-state index is -0.565. The molecule has 5 nitrogen and oxygen atoms in total. The van der Waals surface area contributed by atoms with Crippen LogP contribution in [0.2, 0.25) is 0 Å². The molecule has 1 heterocycles. The first kappa shape index (κ1) is 26.6. The summed E-state index contributed by atoms with van der Waals surface area (Å²) in [6.45, 7) is 18.7. The van der Waals surface area contributed by atoms with Crippen LogP contribution in [0.1, 0.15) is 111 Å². The van der Waals surface area contributed by atoms with E-state index in [0.29, 0.717) is 18.4 Å². The molecule has 0 radical (unpaired) electrons. The molecule has 3 fully saturated rings. The van der Waals surface area contributed by atoms with Gasteiger partial charge in [-0.1, -0.05) is 60.1 Å². The predicted octanol–water partition coefficient (Wildman–Crippen LogP) is 6.74. The quantitative estimate of drug-likeness (QED) is 0.432. The zero-order valence-electron chi connectivity index (χ0n) is 25.0. The Bertz CT molecular complexity index is 1190. The average molecular weight is 522 g/mol. The highest BCUT2D eigenvalue weighted by molar-refractivity contribution is 5.76. The maximum atomic E-state index is 12.9. The highest BCUT2D eigenvalue weighted by atomic mass is 16.4. The van der Waals surface area contributed by atoms with Crippen molar-refractivity contribution in [1.82, 2.24) is 9.78 Å². The van der Waals surface area contributed by atoms with E-state index in [1.807, 2.05) is 0 Å².